The summed E-state index contributed by atoms with van der Waals surface area (Å²) in [5.74, 6) is 1.66. The number of hydrogen-bond acceptors (Lipinski definition) is 4. The smallest absolute Gasteiger partial charge is 0.191 e. The van der Waals surface area contributed by atoms with Crippen LogP contribution in [0, 0.1) is 5.92 Å². The van der Waals surface area contributed by atoms with Crippen LogP contribution in [0.2, 0.25) is 0 Å². The molecule has 1 aliphatic rings. The van der Waals surface area contributed by atoms with Crippen molar-refractivity contribution in [1.82, 2.24) is 15.5 Å². The number of hydrogen-bond donors (Lipinski definition) is 2. The van der Waals surface area contributed by atoms with Crippen molar-refractivity contribution in [2.75, 3.05) is 38.2 Å². The summed E-state index contributed by atoms with van der Waals surface area (Å²) in [5, 5.41) is 6.59. The Labute approximate surface area is 148 Å². The maximum absolute atomic E-state index is 11.3. The van der Waals surface area contributed by atoms with Gasteiger partial charge in [-0.3, -0.25) is 9.89 Å². The summed E-state index contributed by atoms with van der Waals surface area (Å²) in [5.41, 5.74) is 0. The Morgan fingerprint density at radius 1 is 1.33 bits per heavy atom. The maximum atomic E-state index is 11.3. The molecule has 1 rings (SSSR count). The Kier molecular flexibility index (Phi) is 9.05. The number of nitrogens with one attached hydrogen (secondary N) is 2. The summed E-state index contributed by atoms with van der Waals surface area (Å²) in [6.45, 7) is 12.5. The van der Waals surface area contributed by atoms with Crippen LogP contribution in [-0.4, -0.2) is 69.5 Å². The van der Waals surface area contributed by atoms with Crippen LogP contribution in [-0.2, 0) is 9.84 Å². The van der Waals surface area contributed by atoms with Gasteiger partial charge in [-0.2, -0.15) is 0 Å². The molecule has 1 unspecified atom stereocenters. The molecule has 7 heteroatoms. The number of guanidine groups is 1. The average Bonchev–Trinajstić information content (AvgIpc) is 2.88. The molecule has 0 saturated carbocycles. The van der Waals surface area contributed by atoms with E-state index in [1.165, 1.54) is 25.6 Å². The summed E-state index contributed by atoms with van der Waals surface area (Å²) in [6, 6.07) is 0.599. The predicted molar refractivity (Wildman–Crippen MR) is 102 cm³/mol. The Hall–Kier alpha value is -0.820. The lowest BCUT2D eigenvalue weighted by molar-refractivity contribution is 0.231. The highest BCUT2D eigenvalue weighted by atomic mass is 32.2. The molecule has 0 aromatic heterocycles. The first-order chi connectivity index (χ1) is 11.2. The van der Waals surface area contributed by atoms with Crippen LogP contribution < -0.4 is 10.6 Å². The molecule has 1 aliphatic heterocycles. The third kappa shape index (κ3) is 8.87. The molecule has 0 spiro atoms. The monoisotopic (exact) mass is 360 g/mol. The molecule has 1 saturated heterocycles. The first-order valence-electron chi connectivity index (χ1n) is 9.18. The quantitative estimate of drug-likeness (QED) is 0.481. The molecule has 0 amide bonds. The van der Waals surface area contributed by atoms with Gasteiger partial charge in [0.2, 0.25) is 0 Å². The van der Waals surface area contributed by atoms with Crippen molar-refractivity contribution in [1.29, 1.82) is 0 Å². The van der Waals surface area contributed by atoms with E-state index in [1.54, 1.807) is 0 Å². The average molecular weight is 361 g/mol. The second kappa shape index (κ2) is 10.2. The van der Waals surface area contributed by atoms with Crippen LogP contribution in [0.3, 0.4) is 0 Å². The molecule has 0 radical (unpaired) electrons. The standard InChI is InChI=1S/C17H36N4O2S/c1-6-18-17(20-15(4)9-11-24(5,22)23)19-12-16-8-7-10-21(16)13-14(2)3/h14-16H,6-13H2,1-5H3,(H2,18,19,20)/t15?,16-/m1/s1. The number of nitrogens with zero attached hydrogens (tertiary/aromatic N) is 2. The van der Waals surface area contributed by atoms with Gasteiger partial charge in [-0.05, 0) is 45.6 Å². The van der Waals surface area contributed by atoms with E-state index in [0.717, 1.165) is 25.6 Å². The van der Waals surface area contributed by atoms with E-state index in [-0.39, 0.29) is 11.8 Å². The lowest BCUT2D eigenvalue weighted by Crippen LogP contribution is -2.44. The van der Waals surface area contributed by atoms with Crippen molar-refractivity contribution >= 4 is 15.8 Å². The number of aliphatic imine (C=N–C) groups is 1. The van der Waals surface area contributed by atoms with Gasteiger partial charge in [0.25, 0.3) is 0 Å². The zero-order valence-corrected chi connectivity index (χ0v) is 16.8. The summed E-state index contributed by atoms with van der Waals surface area (Å²) >= 11 is 0. The van der Waals surface area contributed by atoms with Crippen molar-refractivity contribution in [2.45, 2.75) is 59.0 Å². The molecule has 2 N–H and O–H groups in total. The summed E-state index contributed by atoms with van der Waals surface area (Å²) in [7, 11) is -2.92. The Morgan fingerprint density at radius 2 is 2.04 bits per heavy atom. The van der Waals surface area contributed by atoms with Crippen LogP contribution in [0.4, 0.5) is 0 Å². The van der Waals surface area contributed by atoms with Crippen LogP contribution >= 0.6 is 0 Å². The van der Waals surface area contributed by atoms with E-state index in [1.807, 2.05) is 13.8 Å². The van der Waals surface area contributed by atoms with Crippen LogP contribution in [0.5, 0.6) is 0 Å². The fraction of sp³-hybridized carbons (Fsp3) is 0.941. The molecule has 2 atom stereocenters. The van der Waals surface area contributed by atoms with E-state index in [9.17, 15) is 8.42 Å². The summed E-state index contributed by atoms with van der Waals surface area (Å²) in [6.07, 6.45) is 4.33. The van der Waals surface area contributed by atoms with Crippen molar-refractivity contribution < 1.29 is 8.42 Å². The van der Waals surface area contributed by atoms with Crippen molar-refractivity contribution in [3.63, 3.8) is 0 Å². The minimum absolute atomic E-state index is 0.0767. The van der Waals surface area contributed by atoms with Gasteiger partial charge in [-0.15, -0.1) is 0 Å². The van der Waals surface area contributed by atoms with Gasteiger partial charge in [-0.1, -0.05) is 13.8 Å². The summed E-state index contributed by atoms with van der Waals surface area (Å²) < 4.78 is 22.6. The molecule has 6 nitrogen and oxygen atoms in total. The number of likely N-dealkylation sites (tertiary alicyclic amines) is 1. The van der Waals surface area contributed by atoms with Gasteiger partial charge in [0.15, 0.2) is 5.96 Å². The third-order valence-corrected chi connectivity index (χ3v) is 5.19. The fourth-order valence-electron chi connectivity index (χ4n) is 3.02. The number of rotatable bonds is 9. The highest BCUT2D eigenvalue weighted by Crippen LogP contribution is 2.18. The Morgan fingerprint density at radius 3 is 2.62 bits per heavy atom. The zero-order valence-electron chi connectivity index (χ0n) is 16.0. The highest BCUT2D eigenvalue weighted by molar-refractivity contribution is 7.90. The number of sulfone groups is 1. The first-order valence-corrected chi connectivity index (χ1v) is 11.2. The fourth-order valence-corrected chi connectivity index (χ4v) is 3.81. The predicted octanol–water partition coefficient (Wildman–Crippen LogP) is 1.49. The highest BCUT2D eigenvalue weighted by Gasteiger charge is 2.24. The minimum Gasteiger partial charge on any atom is -0.357 e. The molecule has 0 bridgehead atoms. The zero-order chi connectivity index (χ0) is 18.2. The van der Waals surface area contributed by atoms with E-state index in [4.69, 9.17) is 4.99 Å². The molecule has 24 heavy (non-hydrogen) atoms. The van der Waals surface area contributed by atoms with E-state index < -0.39 is 9.84 Å². The second-order valence-electron chi connectivity index (χ2n) is 7.37. The van der Waals surface area contributed by atoms with Gasteiger partial charge in [0, 0.05) is 31.4 Å². The molecular weight excluding hydrogens is 324 g/mol. The van der Waals surface area contributed by atoms with Crippen LogP contribution in [0.15, 0.2) is 4.99 Å². The molecule has 0 aromatic carbocycles. The lowest BCUT2D eigenvalue weighted by Gasteiger charge is -2.25. The molecule has 0 aliphatic carbocycles. The Balaban J connectivity index is 2.55. The second-order valence-corrected chi connectivity index (χ2v) is 9.63. The SMILES string of the molecule is CCNC(=NC[C@H]1CCCN1CC(C)C)NC(C)CCS(C)(=O)=O. The molecule has 0 aromatic rings. The van der Waals surface area contributed by atoms with E-state index in [2.05, 4.69) is 29.4 Å². The van der Waals surface area contributed by atoms with Crippen molar-refractivity contribution in [2.24, 2.45) is 10.9 Å². The van der Waals surface area contributed by atoms with Crippen LogP contribution in [0.25, 0.3) is 0 Å². The van der Waals surface area contributed by atoms with Gasteiger partial charge in [0.05, 0.1) is 12.3 Å². The van der Waals surface area contributed by atoms with E-state index in [0.29, 0.717) is 18.4 Å². The lowest BCUT2D eigenvalue weighted by atomic mass is 10.2. The Bertz CT molecular complexity index is 491. The van der Waals surface area contributed by atoms with Gasteiger partial charge >= 0.3 is 0 Å². The molecule has 1 heterocycles. The first kappa shape index (κ1) is 21.2. The van der Waals surface area contributed by atoms with Gasteiger partial charge in [0.1, 0.15) is 9.84 Å². The van der Waals surface area contributed by atoms with E-state index >= 15 is 0 Å². The van der Waals surface area contributed by atoms with Gasteiger partial charge < -0.3 is 10.6 Å². The molecule has 1 fully saturated rings. The van der Waals surface area contributed by atoms with Crippen LogP contribution in [0.1, 0.15) is 47.0 Å². The normalized spacial score (nSPS) is 21.2. The van der Waals surface area contributed by atoms with Gasteiger partial charge in [-0.25, -0.2) is 8.42 Å². The minimum atomic E-state index is -2.92. The van der Waals surface area contributed by atoms with Crippen molar-refractivity contribution in [3.8, 4) is 0 Å². The molecule has 142 valence electrons. The topological polar surface area (TPSA) is 73.8 Å². The summed E-state index contributed by atoms with van der Waals surface area (Å²) in [4.78, 5) is 7.29. The maximum Gasteiger partial charge on any atom is 0.191 e. The van der Waals surface area contributed by atoms with Crippen molar-refractivity contribution in [3.05, 3.63) is 0 Å². The largest absolute Gasteiger partial charge is 0.357 e. The molecular formula is C17H36N4O2S. The third-order valence-electron chi connectivity index (χ3n) is 4.21.